The molecule has 1 aliphatic heterocycles. The molecule has 26 heavy (non-hydrogen) atoms. The third-order valence-corrected chi connectivity index (χ3v) is 4.72. The maximum absolute atomic E-state index is 12.9. The molecule has 1 saturated heterocycles. The Morgan fingerprint density at radius 2 is 1.88 bits per heavy atom. The van der Waals surface area contributed by atoms with Crippen molar-refractivity contribution in [1.82, 2.24) is 16.0 Å². The molecule has 0 spiro atoms. The zero-order valence-corrected chi connectivity index (χ0v) is 15.8. The first kappa shape index (κ1) is 21.7. The number of carbonyl (C=O) groups is 3. The van der Waals surface area contributed by atoms with Gasteiger partial charge < -0.3 is 27.4 Å². The maximum atomic E-state index is 12.9. The molecule has 1 unspecified atom stereocenters. The quantitative estimate of drug-likeness (QED) is 0.243. The van der Waals surface area contributed by atoms with Crippen molar-refractivity contribution in [1.29, 1.82) is 0 Å². The third kappa shape index (κ3) is 6.53. The first-order valence-corrected chi connectivity index (χ1v) is 9.29. The monoisotopic (exact) mass is 368 g/mol. The largest absolute Gasteiger partial charge is 0.370 e. The lowest BCUT2D eigenvalue weighted by atomic mass is 9.90. The Balaban J connectivity index is 2.92. The highest BCUT2D eigenvalue weighted by molar-refractivity contribution is 5.95. The summed E-state index contributed by atoms with van der Waals surface area (Å²) < 4.78 is 0. The van der Waals surface area contributed by atoms with Crippen LogP contribution in [-0.2, 0) is 14.4 Å². The minimum absolute atomic E-state index is 0.00382. The topological polar surface area (TPSA) is 152 Å². The molecule has 0 aromatic carbocycles. The Hall–Kier alpha value is -2.32. The molecule has 7 N–H and O–H groups in total. The summed E-state index contributed by atoms with van der Waals surface area (Å²) in [6.07, 6.45) is 3.56. The molecule has 1 aliphatic rings. The lowest BCUT2D eigenvalue weighted by Crippen LogP contribution is -2.61. The van der Waals surface area contributed by atoms with Crippen molar-refractivity contribution in [2.45, 2.75) is 70.4 Å². The highest BCUT2D eigenvalue weighted by Gasteiger charge is 2.38. The highest BCUT2D eigenvalue weighted by Crippen LogP contribution is 2.17. The average Bonchev–Trinajstić information content (AvgIpc) is 2.60. The van der Waals surface area contributed by atoms with Crippen molar-refractivity contribution in [3.8, 4) is 0 Å². The van der Waals surface area contributed by atoms with E-state index in [4.69, 9.17) is 11.5 Å². The number of rotatable bonds is 6. The van der Waals surface area contributed by atoms with Gasteiger partial charge in [-0.05, 0) is 38.5 Å². The van der Waals surface area contributed by atoms with Crippen molar-refractivity contribution in [3.05, 3.63) is 0 Å². The van der Waals surface area contributed by atoms with E-state index in [1.165, 1.54) is 0 Å². The molecular weight excluding hydrogens is 336 g/mol. The molecule has 0 aromatic heterocycles. The van der Waals surface area contributed by atoms with Crippen molar-refractivity contribution >= 4 is 23.7 Å². The lowest BCUT2D eigenvalue weighted by molar-refractivity contribution is -0.136. The van der Waals surface area contributed by atoms with Crippen LogP contribution < -0.4 is 27.4 Å². The summed E-state index contributed by atoms with van der Waals surface area (Å²) in [7, 11) is 0. The molecule has 1 atom stereocenters. The Morgan fingerprint density at radius 3 is 2.50 bits per heavy atom. The van der Waals surface area contributed by atoms with E-state index in [2.05, 4.69) is 20.9 Å². The number of hydrogen-bond donors (Lipinski definition) is 5. The van der Waals surface area contributed by atoms with E-state index in [1.54, 1.807) is 0 Å². The Morgan fingerprint density at radius 1 is 1.19 bits per heavy atom. The number of carbonyl (C=O) groups excluding carboxylic acids is 3. The van der Waals surface area contributed by atoms with Gasteiger partial charge in [0, 0.05) is 19.5 Å². The van der Waals surface area contributed by atoms with Gasteiger partial charge in [0.2, 0.25) is 17.7 Å². The molecule has 0 aliphatic carbocycles. The van der Waals surface area contributed by atoms with Gasteiger partial charge in [-0.25, -0.2) is 0 Å². The fourth-order valence-electron chi connectivity index (χ4n) is 2.95. The fraction of sp³-hybridized carbons (Fsp3) is 0.765. The summed E-state index contributed by atoms with van der Waals surface area (Å²) in [5.74, 6) is -0.703. The predicted octanol–water partition coefficient (Wildman–Crippen LogP) is -0.500. The molecule has 9 nitrogen and oxygen atoms in total. The number of nitrogens with two attached hydrogens (primary N) is 2. The zero-order valence-electron chi connectivity index (χ0n) is 15.8. The molecule has 0 aromatic rings. The Kier molecular flexibility index (Phi) is 8.87. The molecule has 0 bridgehead atoms. The van der Waals surface area contributed by atoms with E-state index in [9.17, 15) is 14.4 Å². The Bertz CT molecular complexity index is 527. The first-order valence-electron chi connectivity index (χ1n) is 9.29. The number of hydrogen-bond acceptors (Lipinski definition) is 4. The number of guanidine groups is 1. The van der Waals surface area contributed by atoms with Gasteiger partial charge in [0.1, 0.15) is 11.6 Å². The van der Waals surface area contributed by atoms with E-state index in [0.717, 1.165) is 0 Å². The van der Waals surface area contributed by atoms with Gasteiger partial charge >= 0.3 is 0 Å². The van der Waals surface area contributed by atoms with Crippen LogP contribution in [0.2, 0.25) is 0 Å². The predicted molar refractivity (Wildman–Crippen MR) is 100 cm³/mol. The molecule has 1 rings (SSSR count). The van der Waals surface area contributed by atoms with E-state index in [0.29, 0.717) is 58.0 Å². The average molecular weight is 368 g/mol. The second-order valence-corrected chi connectivity index (χ2v) is 6.56. The van der Waals surface area contributed by atoms with E-state index in [-0.39, 0.29) is 23.7 Å². The van der Waals surface area contributed by atoms with Crippen LogP contribution in [0.4, 0.5) is 0 Å². The van der Waals surface area contributed by atoms with Crippen LogP contribution in [0.25, 0.3) is 0 Å². The summed E-state index contributed by atoms with van der Waals surface area (Å²) in [4.78, 5) is 41.4. The summed E-state index contributed by atoms with van der Waals surface area (Å²) in [6, 6.07) is -0.689. The van der Waals surface area contributed by atoms with Gasteiger partial charge in [0.05, 0.1) is 0 Å². The standard InChI is InChI=1S/C17H32N6O3/c1-3-17(4-2)15(26)22-12(8-7-11-21-16(18)19)14(25)20-10-6-5-9-13(24)23-17/h12H,3-11H2,1-2H3,(H,20,25)(H,22,26)(H,23,24)(H4,18,19,21). The Labute approximate surface area is 154 Å². The van der Waals surface area contributed by atoms with Crippen LogP contribution in [0.5, 0.6) is 0 Å². The normalized spacial score (nSPS) is 21.5. The molecule has 1 heterocycles. The van der Waals surface area contributed by atoms with Gasteiger partial charge in [0.15, 0.2) is 5.96 Å². The second-order valence-electron chi connectivity index (χ2n) is 6.56. The summed E-state index contributed by atoms with van der Waals surface area (Å²) in [5.41, 5.74) is 9.59. The first-order chi connectivity index (χ1) is 12.3. The van der Waals surface area contributed by atoms with Crippen molar-refractivity contribution in [3.63, 3.8) is 0 Å². The van der Waals surface area contributed by atoms with Crippen LogP contribution in [-0.4, -0.2) is 48.4 Å². The fourth-order valence-corrected chi connectivity index (χ4v) is 2.95. The maximum Gasteiger partial charge on any atom is 0.246 e. The highest BCUT2D eigenvalue weighted by atomic mass is 16.2. The SMILES string of the molecule is CCC1(CC)NC(=O)CCCCNC(=O)C(CCCN=C(N)N)NC1=O. The summed E-state index contributed by atoms with van der Waals surface area (Å²) in [6.45, 7) is 4.55. The number of nitrogens with zero attached hydrogens (tertiary/aromatic N) is 1. The van der Waals surface area contributed by atoms with E-state index in [1.807, 2.05) is 13.8 Å². The molecule has 148 valence electrons. The minimum atomic E-state index is -1.01. The third-order valence-electron chi connectivity index (χ3n) is 4.72. The smallest absolute Gasteiger partial charge is 0.246 e. The molecule has 0 saturated carbocycles. The van der Waals surface area contributed by atoms with Crippen LogP contribution in [0.15, 0.2) is 4.99 Å². The summed E-state index contributed by atoms with van der Waals surface area (Å²) in [5, 5.41) is 8.52. The number of amides is 3. The molecule has 3 amide bonds. The van der Waals surface area contributed by atoms with Crippen molar-refractivity contribution < 1.29 is 14.4 Å². The summed E-state index contributed by atoms with van der Waals surface area (Å²) >= 11 is 0. The lowest BCUT2D eigenvalue weighted by Gasteiger charge is -2.33. The molecule has 0 radical (unpaired) electrons. The van der Waals surface area contributed by atoms with Gasteiger partial charge in [-0.3, -0.25) is 19.4 Å². The van der Waals surface area contributed by atoms with Crippen LogP contribution >= 0.6 is 0 Å². The number of nitrogens with one attached hydrogen (secondary N) is 3. The van der Waals surface area contributed by atoms with Gasteiger partial charge in [0.25, 0.3) is 0 Å². The van der Waals surface area contributed by atoms with Crippen molar-refractivity contribution in [2.75, 3.05) is 13.1 Å². The van der Waals surface area contributed by atoms with Gasteiger partial charge in [-0.2, -0.15) is 0 Å². The van der Waals surface area contributed by atoms with E-state index < -0.39 is 11.6 Å². The minimum Gasteiger partial charge on any atom is -0.370 e. The van der Waals surface area contributed by atoms with Crippen LogP contribution in [0.1, 0.15) is 58.8 Å². The van der Waals surface area contributed by atoms with Crippen LogP contribution in [0.3, 0.4) is 0 Å². The second kappa shape index (κ2) is 10.6. The van der Waals surface area contributed by atoms with E-state index >= 15 is 0 Å². The number of aliphatic imine (C=N–C) groups is 1. The van der Waals surface area contributed by atoms with Crippen molar-refractivity contribution in [2.24, 2.45) is 16.5 Å². The van der Waals surface area contributed by atoms with Crippen LogP contribution in [0, 0.1) is 0 Å². The van der Waals surface area contributed by atoms with Gasteiger partial charge in [-0.1, -0.05) is 13.8 Å². The van der Waals surface area contributed by atoms with Gasteiger partial charge in [-0.15, -0.1) is 0 Å². The molecular formula is C17H32N6O3. The molecule has 1 fully saturated rings. The molecule has 9 heteroatoms. The zero-order chi connectivity index (χ0) is 19.6.